The number of nitrogens with zero attached hydrogens (tertiary/aromatic N) is 3. The molecule has 0 spiro atoms. The van der Waals surface area contributed by atoms with Gasteiger partial charge in [-0.3, -0.25) is 9.59 Å². The zero-order valence-electron chi connectivity index (χ0n) is 10.4. The molecule has 0 bridgehead atoms. The maximum atomic E-state index is 12.1. The number of imidazole rings is 1. The average molecular weight is 238 g/mol. The number of amides is 2. The molecule has 1 N–H and O–H groups in total. The molecule has 0 aliphatic carbocycles. The van der Waals surface area contributed by atoms with Crippen molar-refractivity contribution in [1.29, 1.82) is 0 Å². The van der Waals surface area contributed by atoms with Gasteiger partial charge in [-0.15, -0.1) is 0 Å². The number of nitrogens with one attached hydrogen (secondary N) is 1. The summed E-state index contributed by atoms with van der Waals surface area (Å²) in [4.78, 5) is 28.8. The Morgan fingerprint density at radius 2 is 2.24 bits per heavy atom. The van der Waals surface area contributed by atoms with Crippen LogP contribution in [0.25, 0.3) is 0 Å². The molecular formula is C11H18N4O2. The molecule has 0 aliphatic rings. The van der Waals surface area contributed by atoms with E-state index in [2.05, 4.69) is 10.3 Å². The third kappa shape index (κ3) is 3.30. The van der Waals surface area contributed by atoms with E-state index in [-0.39, 0.29) is 24.4 Å². The van der Waals surface area contributed by atoms with Crippen molar-refractivity contribution in [2.75, 3.05) is 20.1 Å². The Morgan fingerprint density at radius 1 is 1.53 bits per heavy atom. The summed E-state index contributed by atoms with van der Waals surface area (Å²) in [5.41, 5.74) is 0. The summed E-state index contributed by atoms with van der Waals surface area (Å²) >= 11 is 0. The van der Waals surface area contributed by atoms with Crippen molar-refractivity contribution >= 4 is 11.8 Å². The number of aromatic nitrogens is 2. The highest BCUT2D eigenvalue weighted by Gasteiger charge is 2.21. The SMILES string of the molecule is CCN(CC(=O)NC)C(=O)C(C)n1ccnc1. The second kappa shape index (κ2) is 6.03. The van der Waals surface area contributed by atoms with Gasteiger partial charge in [-0.1, -0.05) is 0 Å². The van der Waals surface area contributed by atoms with Gasteiger partial charge in [0.2, 0.25) is 11.8 Å². The van der Waals surface area contributed by atoms with Crippen LogP contribution in [0.2, 0.25) is 0 Å². The maximum Gasteiger partial charge on any atom is 0.245 e. The predicted octanol–water partition coefficient (Wildman–Crippen LogP) is 0.0386. The van der Waals surface area contributed by atoms with E-state index in [1.54, 1.807) is 37.3 Å². The average Bonchev–Trinajstić information content (AvgIpc) is 2.87. The van der Waals surface area contributed by atoms with Crippen LogP contribution in [0.1, 0.15) is 19.9 Å². The Morgan fingerprint density at radius 3 is 2.71 bits per heavy atom. The van der Waals surface area contributed by atoms with Gasteiger partial charge in [0, 0.05) is 26.0 Å². The standard InChI is InChI=1S/C11H18N4O2/c1-4-14(7-10(16)12-3)11(17)9(2)15-6-5-13-8-15/h5-6,8-9H,4,7H2,1-3H3,(H,12,16). The molecule has 0 fully saturated rings. The first-order valence-electron chi connectivity index (χ1n) is 5.57. The van der Waals surface area contributed by atoms with E-state index in [9.17, 15) is 9.59 Å². The number of hydrogen-bond donors (Lipinski definition) is 1. The highest BCUT2D eigenvalue weighted by molar-refractivity contribution is 5.86. The summed E-state index contributed by atoms with van der Waals surface area (Å²) in [6.07, 6.45) is 4.95. The van der Waals surface area contributed by atoms with Crippen molar-refractivity contribution in [3.05, 3.63) is 18.7 Å². The zero-order valence-corrected chi connectivity index (χ0v) is 10.4. The summed E-state index contributed by atoms with van der Waals surface area (Å²) < 4.78 is 1.72. The van der Waals surface area contributed by atoms with Crippen LogP contribution >= 0.6 is 0 Å². The number of carbonyl (C=O) groups is 2. The van der Waals surface area contributed by atoms with Crippen LogP contribution < -0.4 is 5.32 Å². The van der Waals surface area contributed by atoms with Crippen molar-refractivity contribution in [1.82, 2.24) is 19.8 Å². The van der Waals surface area contributed by atoms with Crippen LogP contribution in [-0.4, -0.2) is 46.4 Å². The molecule has 94 valence electrons. The van der Waals surface area contributed by atoms with E-state index in [0.29, 0.717) is 6.54 Å². The predicted molar refractivity (Wildman–Crippen MR) is 63.3 cm³/mol. The van der Waals surface area contributed by atoms with E-state index in [1.165, 1.54) is 4.90 Å². The molecule has 1 unspecified atom stereocenters. The van der Waals surface area contributed by atoms with Gasteiger partial charge in [0.25, 0.3) is 0 Å². The van der Waals surface area contributed by atoms with E-state index in [1.807, 2.05) is 6.92 Å². The van der Waals surface area contributed by atoms with Gasteiger partial charge in [-0.2, -0.15) is 0 Å². The van der Waals surface area contributed by atoms with E-state index in [4.69, 9.17) is 0 Å². The van der Waals surface area contributed by atoms with Crippen LogP contribution in [0.3, 0.4) is 0 Å². The fourth-order valence-corrected chi connectivity index (χ4v) is 1.49. The number of rotatable bonds is 5. The Hall–Kier alpha value is -1.85. The lowest BCUT2D eigenvalue weighted by Gasteiger charge is -2.24. The summed E-state index contributed by atoms with van der Waals surface area (Å²) in [6.45, 7) is 4.23. The quantitative estimate of drug-likeness (QED) is 0.787. The summed E-state index contributed by atoms with van der Waals surface area (Å²) in [7, 11) is 1.56. The van der Waals surface area contributed by atoms with Crippen LogP contribution in [-0.2, 0) is 9.59 Å². The monoisotopic (exact) mass is 238 g/mol. The van der Waals surface area contributed by atoms with Crippen molar-refractivity contribution in [2.24, 2.45) is 0 Å². The summed E-state index contributed by atoms with van der Waals surface area (Å²) in [5.74, 6) is -0.257. The lowest BCUT2D eigenvalue weighted by Crippen LogP contribution is -2.42. The molecular weight excluding hydrogens is 220 g/mol. The van der Waals surface area contributed by atoms with Crippen LogP contribution in [0.4, 0.5) is 0 Å². The second-order valence-electron chi connectivity index (χ2n) is 3.71. The normalized spacial score (nSPS) is 11.9. The molecule has 0 saturated heterocycles. The Labute approximate surface area is 101 Å². The molecule has 6 nitrogen and oxygen atoms in total. The Bertz CT molecular complexity index is 375. The van der Waals surface area contributed by atoms with Gasteiger partial charge in [0.05, 0.1) is 12.9 Å². The summed E-state index contributed by atoms with van der Waals surface area (Å²) in [5, 5.41) is 2.51. The molecule has 1 heterocycles. The van der Waals surface area contributed by atoms with Gasteiger partial charge in [0.1, 0.15) is 6.04 Å². The van der Waals surface area contributed by atoms with Crippen molar-refractivity contribution < 1.29 is 9.59 Å². The minimum Gasteiger partial charge on any atom is -0.358 e. The van der Waals surface area contributed by atoms with Crippen molar-refractivity contribution in [3.63, 3.8) is 0 Å². The van der Waals surface area contributed by atoms with Gasteiger partial charge < -0.3 is 14.8 Å². The molecule has 0 aromatic carbocycles. The molecule has 0 aliphatic heterocycles. The largest absolute Gasteiger partial charge is 0.358 e. The minimum atomic E-state index is -0.345. The first-order chi connectivity index (χ1) is 8.10. The summed E-state index contributed by atoms with van der Waals surface area (Å²) in [6, 6.07) is -0.345. The fraction of sp³-hybridized carbons (Fsp3) is 0.545. The lowest BCUT2D eigenvalue weighted by molar-refractivity contribution is -0.138. The van der Waals surface area contributed by atoms with Crippen LogP contribution in [0, 0.1) is 0 Å². The van der Waals surface area contributed by atoms with Crippen molar-refractivity contribution in [3.8, 4) is 0 Å². The molecule has 1 atom stereocenters. The van der Waals surface area contributed by atoms with Gasteiger partial charge in [-0.05, 0) is 13.8 Å². The van der Waals surface area contributed by atoms with E-state index >= 15 is 0 Å². The third-order valence-electron chi connectivity index (χ3n) is 2.64. The first kappa shape index (κ1) is 13.2. The third-order valence-corrected chi connectivity index (χ3v) is 2.64. The van der Waals surface area contributed by atoms with Crippen molar-refractivity contribution in [2.45, 2.75) is 19.9 Å². The van der Waals surface area contributed by atoms with Crippen LogP contribution in [0.15, 0.2) is 18.7 Å². The molecule has 1 aromatic heterocycles. The molecule has 17 heavy (non-hydrogen) atoms. The maximum absolute atomic E-state index is 12.1. The zero-order chi connectivity index (χ0) is 12.8. The van der Waals surface area contributed by atoms with Gasteiger partial charge >= 0.3 is 0 Å². The number of likely N-dealkylation sites (N-methyl/N-ethyl adjacent to an activating group) is 2. The van der Waals surface area contributed by atoms with E-state index in [0.717, 1.165) is 0 Å². The van der Waals surface area contributed by atoms with E-state index < -0.39 is 0 Å². The minimum absolute atomic E-state index is 0.0882. The fourth-order valence-electron chi connectivity index (χ4n) is 1.49. The molecule has 6 heteroatoms. The molecule has 0 radical (unpaired) electrons. The molecule has 2 amide bonds. The molecule has 0 saturated carbocycles. The number of carbonyl (C=O) groups excluding carboxylic acids is 2. The highest BCUT2D eigenvalue weighted by Crippen LogP contribution is 2.09. The van der Waals surface area contributed by atoms with Gasteiger partial charge in [0.15, 0.2) is 0 Å². The molecule has 1 aromatic rings. The second-order valence-corrected chi connectivity index (χ2v) is 3.71. The highest BCUT2D eigenvalue weighted by atomic mass is 16.2. The number of hydrogen-bond acceptors (Lipinski definition) is 3. The van der Waals surface area contributed by atoms with Crippen LogP contribution in [0.5, 0.6) is 0 Å². The Kier molecular flexibility index (Phi) is 4.68. The van der Waals surface area contributed by atoms with Gasteiger partial charge in [-0.25, -0.2) is 4.98 Å². The Balaban J connectivity index is 2.69. The smallest absolute Gasteiger partial charge is 0.245 e. The molecule has 1 rings (SSSR count). The lowest BCUT2D eigenvalue weighted by atomic mass is 10.2. The first-order valence-corrected chi connectivity index (χ1v) is 5.57. The topological polar surface area (TPSA) is 67.2 Å².